The molecular formula is C17H21N. The van der Waals surface area contributed by atoms with Crippen LogP contribution in [0.5, 0.6) is 0 Å². The molecule has 0 unspecified atom stereocenters. The summed E-state index contributed by atoms with van der Waals surface area (Å²) in [5.41, 5.74) is 5.46. The highest BCUT2D eigenvalue weighted by atomic mass is 14.4. The summed E-state index contributed by atoms with van der Waals surface area (Å²) in [6.45, 7) is 8.09. The highest BCUT2D eigenvalue weighted by Gasteiger charge is 2.26. The van der Waals surface area contributed by atoms with E-state index in [-0.39, 0.29) is 0 Å². The molecule has 2 rings (SSSR count). The van der Waals surface area contributed by atoms with Crippen LogP contribution in [0.1, 0.15) is 37.3 Å². The summed E-state index contributed by atoms with van der Waals surface area (Å²) in [5.74, 6) is 0.712. The Bertz CT molecular complexity index is 504. The lowest BCUT2D eigenvalue weighted by Crippen LogP contribution is -2.08. The van der Waals surface area contributed by atoms with Crippen LogP contribution in [0.4, 0.5) is 0 Å². The molecule has 0 heterocycles. The number of hydrogen-bond acceptors (Lipinski definition) is 1. The molecule has 0 amide bonds. The van der Waals surface area contributed by atoms with E-state index in [0.29, 0.717) is 11.6 Å². The van der Waals surface area contributed by atoms with Gasteiger partial charge in [-0.3, -0.25) is 5.41 Å². The van der Waals surface area contributed by atoms with Gasteiger partial charge in [0, 0.05) is 5.56 Å². The molecule has 0 saturated heterocycles. The van der Waals surface area contributed by atoms with E-state index in [2.05, 4.69) is 26.5 Å². The molecule has 94 valence electrons. The third-order valence-corrected chi connectivity index (χ3v) is 3.73. The van der Waals surface area contributed by atoms with Crippen molar-refractivity contribution >= 4 is 5.71 Å². The third kappa shape index (κ3) is 2.61. The number of benzene rings is 1. The lowest BCUT2D eigenvalue weighted by Gasteiger charge is -2.14. The third-order valence-electron chi connectivity index (χ3n) is 3.73. The molecule has 0 bridgehead atoms. The van der Waals surface area contributed by atoms with Gasteiger partial charge in [-0.15, -0.1) is 6.58 Å². The smallest absolute Gasteiger partial charge is 0.0649 e. The van der Waals surface area contributed by atoms with Crippen LogP contribution in [-0.4, -0.2) is 5.71 Å². The second-order valence-corrected chi connectivity index (χ2v) is 5.12. The predicted molar refractivity (Wildman–Crippen MR) is 78.2 cm³/mol. The molecule has 0 aromatic heterocycles. The second-order valence-electron chi connectivity index (χ2n) is 5.12. The number of allylic oxidation sites excluding steroid dienone is 3. The van der Waals surface area contributed by atoms with Crippen LogP contribution in [0.2, 0.25) is 0 Å². The Morgan fingerprint density at radius 1 is 1.39 bits per heavy atom. The van der Waals surface area contributed by atoms with Crippen molar-refractivity contribution in [2.24, 2.45) is 5.92 Å². The van der Waals surface area contributed by atoms with E-state index in [9.17, 15) is 0 Å². The van der Waals surface area contributed by atoms with E-state index in [1.807, 2.05) is 24.3 Å². The Morgan fingerprint density at radius 2 is 2.06 bits per heavy atom. The van der Waals surface area contributed by atoms with Gasteiger partial charge in [-0.2, -0.15) is 0 Å². The van der Waals surface area contributed by atoms with Crippen LogP contribution in [0.15, 0.2) is 48.1 Å². The van der Waals surface area contributed by atoms with Gasteiger partial charge in [-0.05, 0) is 50.2 Å². The minimum atomic E-state index is 0.678. The number of nitrogens with one attached hydrogen (secondary N) is 1. The maximum atomic E-state index is 8.48. The summed E-state index contributed by atoms with van der Waals surface area (Å²) in [7, 11) is 0. The van der Waals surface area contributed by atoms with E-state index in [4.69, 9.17) is 5.41 Å². The van der Waals surface area contributed by atoms with E-state index in [1.165, 1.54) is 29.6 Å². The molecule has 1 aliphatic carbocycles. The first kappa shape index (κ1) is 12.8. The average molecular weight is 239 g/mol. The monoisotopic (exact) mass is 239 g/mol. The van der Waals surface area contributed by atoms with Crippen LogP contribution in [0, 0.1) is 18.3 Å². The predicted octanol–water partition coefficient (Wildman–Crippen LogP) is 4.67. The van der Waals surface area contributed by atoms with Gasteiger partial charge in [0.2, 0.25) is 0 Å². The first-order valence-electron chi connectivity index (χ1n) is 6.60. The van der Waals surface area contributed by atoms with E-state index in [0.717, 1.165) is 12.0 Å². The van der Waals surface area contributed by atoms with Gasteiger partial charge in [0.15, 0.2) is 0 Å². The molecule has 0 aliphatic heterocycles. The summed E-state index contributed by atoms with van der Waals surface area (Å²) >= 11 is 0. The number of hydrogen-bond donors (Lipinski definition) is 1. The minimum Gasteiger partial charge on any atom is -0.300 e. The summed E-state index contributed by atoms with van der Waals surface area (Å²) < 4.78 is 0. The Labute approximate surface area is 110 Å². The molecule has 1 heteroatoms. The van der Waals surface area contributed by atoms with Gasteiger partial charge in [0.1, 0.15) is 0 Å². The number of rotatable bonds is 5. The molecule has 1 aromatic rings. The molecule has 1 N–H and O–H groups in total. The van der Waals surface area contributed by atoms with Crippen LogP contribution >= 0.6 is 0 Å². The fourth-order valence-corrected chi connectivity index (χ4v) is 2.38. The van der Waals surface area contributed by atoms with Crippen LogP contribution in [0.3, 0.4) is 0 Å². The van der Waals surface area contributed by atoms with Crippen molar-refractivity contribution in [2.45, 2.75) is 33.1 Å². The van der Waals surface area contributed by atoms with Gasteiger partial charge < -0.3 is 0 Å². The lowest BCUT2D eigenvalue weighted by atomic mass is 9.91. The van der Waals surface area contributed by atoms with Crippen LogP contribution in [0.25, 0.3) is 0 Å². The van der Waals surface area contributed by atoms with E-state index < -0.39 is 0 Å². The Morgan fingerprint density at radius 3 is 2.61 bits per heavy atom. The maximum Gasteiger partial charge on any atom is 0.0649 e. The zero-order valence-electron chi connectivity index (χ0n) is 11.3. The first-order chi connectivity index (χ1) is 8.65. The fraction of sp³-hybridized carbons (Fsp3) is 0.353. The van der Waals surface area contributed by atoms with Crippen molar-refractivity contribution < 1.29 is 0 Å². The molecule has 0 spiro atoms. The van der Waals surface area contributed by atoms with Gasteiger partial charge in [-0.1, -0.05) is 35.9 Å². The standard InChI is InChI=1S/C17H21N/c1-4-7-16(13(3)14-10-11-14)17(18)15-9-6-5-8-12(15)2/h4-6,8-9,14,18H,1,7,10-11H2,2-3H3/b16-13+,18-17?. The fourth-order valence-electron chi connectivity index (χ4n) is 2.38. The normalized spacial score (nSPS) is 16.1. The summed E-state index contributed by atoms with van der Waals surface area (Å²) in [4.78, 5) is 0. The zero-order valence-corrected chi connectivity index (χ0v) is 11.3. The molecular weight excluding hydrogens is 218 g/mol. The van der Waals surface area contributed by atoms with Crippen molar-refractivity contribution in [1.29, 1.82) is 5.41 Å². The van der Waals surface area contributed by atoms with Gasteiger partial charge in [0.25, 0.3) is 0 Å². The molecule has 1 aliphatic rings. The highest BCUT2D eigenvalue weighted by molar-refractivity contribution is 6.12. The van der Waals surface area contributed by atoms with Crippen molar-refractivity contribution in [2.75, 3.05) is 0 Å². The zero-order chi connectivity index (χ0) is 13.1. The van der Waals surface area contributed by atoms with Crippen molar-refractivity contribution in [3.05, 3.63) is 59.2 Å². The van der Waals surface area contributed by atoms with E-state index in [1.54, 1.807) is 0 Å². The maximum absolute atomic E-state index is 8.48. The van der Waals surface area contributed by atoms with E-state index >= 15 is 0 Å². The summed E-state index contributed by atoms with van der Waals surface area (Å²) in [6, 6.07) is 8.15. The second kappa shape index (κ2) is 5.34. The Hall–Kier alpha value is -1.63. The SMILES string of the molecule is C=CC/C(C(=N)c1ccccc1C)=C(/C)C1CC1. The minimum absolute atomic E-state index is 0.678. The molecule has 0 radical (unpaired) electrons. The van der Waals surface area contributed by atoms with Crippen molar-refractivity contribution in [3.63, 3.8) is 0 Å². The molecule has 1 nitrogen and oxygen atoms in total. The molecule has 1 fully saturated rings. The molecule has 0 atom stereocenters. The van der Waals surface area contributed by atoms with Crippen LogP contribution < -0.4 is 0 Å². The van der Waals surface area contributed by atoms with Crippen molar-refractivity contribution in [3.8, 4) is 0 Å². The van der Waals surface area contributed by atoms with Crippen LogP contribution in [-0.2, 0) is 0 Å². The highest BCUT2D eigenvalue weighted by Crippen LogP contribution is 2.39. The molecule has 1 aromatic carbocycles. The molecule has 18 heavy (non-hydrogen) atoms. The van der Waals surface area contributed by atoms with Gasteiger partial charge in [-0.25, -0.2) is 0 Å². The summed E-state index contributed by atoms with van der Waals surface area (Å²) in [5, 5.41) is 8.48. The topological polar surface area (TPSA) is 23.9 Å². The average Bonchev–Trinajstić information content (AvgIpc) is 3.19. The lowest BCUT2D eigenvalue weighted by molar-refractivity contribution is 0.974. The summed E-state index contributed by atoms with van der Waals surface area (Å²) in [6.07, 6.45) is 5.28. The number of aryl methyl sites for hydroxylation is 1. The van der Waals surface area contributed by atoms with Gasteiger partial charge >= 0.3 is 0 Å². The Balaban J connectivity index is 2.38. The Kier molecular flexibility index (Phi) is 3.81. The largest absolute Gasteiger partial charge is 0.300 e. The first-order valence-corrected chi connectivity index (χ1v) is 6.60. The quantitative estimate of drug-likeness (QED) is 0.570. The van der Waals surface area contributed by atoms with Crippen molar-refractivity contribution in [1.82, 2.24) is 0 Å². The van der Waals surface area contributed by atoms with Gasteiger partial charge in [0.05, 0.1) is 5.71 Å². The molecule has 1 saturated carbocycles.